The molecular formula is C14H16N2O3. The second-order valence-corrected chi connectivity index (χ2v) is 3.95. The number of nitrogens with zero attached hydrogens (tertiary/aromatic N) is 2. The minimum Gasteiger partial charge on any atom is -0.494 e. The standard InChI is InChI=1S/C14H16N2O3/c1-2-7-18-12-3-5-13(6-4-12)19-14-15-8-11(10-17)9-16-14/h3-6,8-9,17H,2,7,10H2,1H3. The molecule has 2 aromatic rings. The Morgan fingerprint density at radius 2 is 1.68 bits per heavy atom. The quantitative estimate of drug-likeness (QED) is 0.864. The van der Waals surface area contributed by atoms with E-state index in [1.165, 1.54) is 12.4 Å². The first-order chi connectivity index (χ1) is 9.31. The van der Waals surface area contributed by atoms with E-state index in [1.807, 2.05) is 12.1 Å². The number of aromatic nitrogens is 2. The average Bonchev–Trinajstić information content (AvgIpc) is 2.47. The van der Waals surface area contributed by atoms with Crippen LogP contribution in [0.1, 0.15) is 18.9 Å². The maximum Gasteiger partial charge on any atom is 0.321 e. The van der Waals surface area contributed by atoms with Crippen LogP contribution in [0.3, 0.4) is 0 Å². The van der Waals surface area contributed by atoms with Gasteiger partial charge in [-0.1, -0.05) is 6.92 Å². The Morgan fingerprint density at radius 3 is 2.26 bits per heavy atom. The number of aliphatic hydroxyl groups excluding tert-OH is 1. The minimum atomic E-state index is -0.0796. The van der Waals surface area contributed by atoms with Crippen molar-refractivity contribution in [3.63, 3.8) is 0 Å². The van der Waals surface area contributed by atoms with Gasteiger partial charge in [0.05, 0.1) is 13.2 Å². The highest BCUT2D eigenvalue weighted by Gasteiger charge is 2.01. The van der Waals surface area contributed by atoms with Gasteiger partial charge in [0.25, 0.3) is 0 Å². The van der Waals surface area contributed by atoms with Crippen LogP contribution in [0.2, 0.25) is 0 Å². The molecule has 1 aromatic heterocycles. The maximum absolute atomic E-state index is 8.88. The lowest BCUT2D eigenvalue weighted by atomic mass is 10.3. The van der Waals surface area contributed by atoms with Crippen LogP contribution in [0.4, 0.5) is 0 Å². The summed E-state index contributed by atoms with van der Waals surface area (Å²) in [6.07, 6.45) is 4.03. The molecule has 0 fully saturated rings. The summed E-state index contributed by atoms with van der Waals surface area (Å²) in [5, 5.41) is 8.88. The van der Waals surface area contributed by atoms with Crippen molar-refractivity contribution < 1.29 is 14.6 Å². The van der Waals surface area contributed by atoms with E-state index >= 15 is 0 Å². The van der Waals surface area contributed by atoms with Gasteiger partial charge >= 0.3 is 6.01 Å². The topological polar surface area (TPSA) is 64.5 Å². The highest BCUT2D eigenvalue weighted by molar-refractivity contribution is 5.32. The Kier molecular flexibility index (Phi) is 4.69. The van der Waals surface area contributed by atoms with Crippen molar-refractivity contribution in [2.24, 2.45) is 0 Å². The SMILES string of the molecule is CCCOc1ccc(Oc2ncc(CO)cn2)cc1. The third-order valence-corrected chi connectivity index (χ3v) is 2.37. The molecular weight excluding hydrogens is 244 g/mol. The molecule has 1 N–H and O–H groups in total. The van der Waals surface area contributed by atoms with E-state index in [-0.39, 0.29) is 12.6 Å². The molecule has 0 saturated heterocycles. The summed E-state index contributed by atoms with van der Waals surface area (Å²) in [4.78, 5) is 7.98. The molecule has 100 valence electrons. The molecule has 1 aromatic carbocycles. The maximum atomic E-state index is 8.88. The molecule has 0 saturated carbocycles. The van der Waals surface area contributed by atoms with Crippen molar-refractivity contribution in [1.82, 2.24) is 9.97 Å². The molecule has 0 aliphatic heterocycles. The molecule has 0 atom stereocenters. The van der Waals surface area contributed by atoms with Crippen LogP contribution in [0.15, 0.2) is 36.7 Å². The smallest absolute Gasteiger partial charge is 0.321 e. The van der Waals surface area contributed by atoms with Crippen LogP contribution in [-0.2, 0) is 6.61 Å². The van der Waals surface area contributed by atoms with Gasteiger partial charge in [0.2, 0.25) is 0 Å². The fourth-order valence-electron chi connectivity index (χ4n) is 1.41. The highest BCUT2D eigenvalue weighted by Crippen LogP contribution is 2.21. The average molecular weight is 260 g/mol. The van der Waals surface area contributed by atoms with E-state index in [1.54, 1.807) is 12.1 Å². The third-order valence-electron chi connectivity index (χ3n) is 2.37. The number of hydrogen-bond donors (Lipinski definition) is 1. The van der Waals surface area contributed by atoms with E-state index in [2.05, 4.69) is 16.9 Å². The first kappa shape index (κ1) is 13.3. The highest BCUT2D eigenvalue weighted by atomic mass is 16.5. The normalized spacial score (nSPS) is 10.2. The van der Waals surface area contributed by atoms with E-state index in [4.69, 9.17) is 14.6 Å². The molecule has 2 rings (SSSR count). The van der Waals surface area contributed by atoms with Crippen molar-refractivity contribution in [1.29, 1.82) is 0 Å². The van der Waals surface area contributed by atoms with Crippen molar-refractivity contribution >= 4 is 0 Å². The lowest BCUT2D eigenvalue weighted by Crippen LogP contribution is -1.96. The zero-order valence-corrected chi connectivity index (χ0v) is 10.7. The molecule has 0 spiro atoms. The third kappa shape index (κ3) is 3.93. The summed E-state index contributed by atoms with van der Waals surface area (Å²) in [5.74, 6) is 1.45. The van der Waals surface area contributed by atoms with E-state index in [0.29, 0.717) is 17.9 Å². The van der Waals surface area contributed by atoms with Gasteiger partial charge in [-0.15, -0.1) is 0 Å². The molecule has 0 aliphatic rings. The Labute approximate surface area is 111 Å². The van der Waals surface area contributed by atoms with Crippen molar-refractivity contribution in [2.45, 2.75) is 20.0 Å². The fourth-order valence-corrected chi connectivity index (χ4v) is 1.41. The zero-order valence-electron chi connectivity index (χ0n) is 10.7. The fraction of sp³-hybridized carbons (Fsp3) is 0.286. The summed E-state index contributed by atoms with van der Waals surface area (Å²) >= 11 is 0. The second-order valence-electron chi connectivity index (χ2n) is 3.95. The lowest BCUT2D eigenvalue weighted by molar-refractivity contribution is 0.280. The molecule has 5 nitrogen and oxygen atoms in total. The van der Waals surface area contributed by atoms with Crippen LogP contribution in [0.25, 0.3) is 0 Å². The molecule has 5 heteroatoms. The van der Waals surface area contributed by atoms with Crippen molar-refractivity contribution in [3.05, 3.63) is 42.2 Å². The molecule has 1 heterocycles. The van der Waals surface area contributed by atoms with Gasteiger partial charge in [-0.3, -0.25) is 0 Å². The number of hydrogen-bond acceptors (Lipinski definition) is 5. The first-order valence-electron chi connectivity index (χ1n) is 6.14. The van der Waals surface area contributed by atoms with Gasteiger partial charge in [0.15, 0.2) is 0 Å². The van der Waals surface area contributed by atoms with Crippen LogP contribution in [0.5, 0.6) is 17.5 Å². The predicted molar refractivity (Wildman–Crippen MR) is 70.3 cm³/mol. The van der Waals surface area contributed by atoms with E-state index in [0.717, 1.165) is 12.2 Å². The van der Waals surface area contributed by atoms with Gasteiger partial charge in [-0.2, -0.15) is 0 Å². The van der Waals surface area contributed by atoms with Gasteiger partial charge in [0.1, 0.15) is 11.5 Å². The molecule has 0 aliphatic carbocycles. The molecule has 0 radical (unpaired) electrons. The Bertz CT molecular complexity index is 497. The summed E-state index contributed by atoms with van der Waals surface area (Å²) in [5.41, 5.74) is 0.649. The number of benzene rings is 1. The molecule has 0 unspecified atom stereocenters. The predicted octanol–water partition coefficient (Wildman–Crippen LogP) is 2.55. The number of aliphatic hydroxyl groups is 1. The van der Waals surface area contributed by atoms with Crippen LogP contribution in [-0.4, -0.2) is 21.7 Å². The van der Waals surface area contributed by atoms with Gasteiger partial charge < -0.3 is 14.6 Å². The van der Waals surface area contributed by atoms with Gasteiger partial charge in [-0.25, -0.2) is 9.97 Å². The van der Waals surface area contributed by atoms with Gasteiger partial charge in [-0.05, 0) is 30.7 Å². The Balaban J connectivity index is 1.98. The summed E-state index contributed by atoms with van der Waals surface area (Å²) in [7, 11) is 0. The van der Waals surface area contributed by atoms with Crippen molar-refractivity contribution in [2.75, 3.05) is 6.61 Å². The summed E-state index contributed by atoms with van der Waals surface area (Å²) in [6, 6.07) is 7.53. The summed E-state index contributed by atoms with van der Waals surface area (Å²) < 4.78 is 11.0. The van der Waals surface area contributed by atoms with Crippen LogP contribution < -0.4 is 9.47 Å². The minimum absolute atomic E-state index is 0.0796. The largest absolute Gasteiger partial charge is 0.494 e. The first-order valence-corrected chi connectivity index (χ1v) is 6.14. The second kappa shape index (κ2) is 6.70. The van der Waals surface area contributed by atoms with E-state index < -0.39 is 0 Å². The Hall–Kier alpha value is -2.14. The summed E-state index contributed by atoms with van der Waals surface area (Å²) in [6.45, 7) is 2.68. The Morgan fingerprint density at radius 1 is 1.05 bits per heavy atom. The van der Waals surface area contributed by atoms with Crippen LogP contribution >= 0.6 is 0 Å². The molecule has 19 heavy (non-hydrogen) atoms. The lowest BCUT2D eigenvalue weighted by Gasteiger charge is -2.06. The van der Waals surface area contributed by atoms with E-state index in [9.17, 15) is 0 Å². The van der Waals surface area contributed by atoms with Crippen LogP contribution in [0, 0.1) is 0 Å². The monoisotopic (exact) mass is 260 g/mol. The molecule has 0 bridgehead atoms. The van der Waals surface area contributed by atoms with Gasteiger partial charge in [0, 0.05) is 18.0 Å². The number of ether oxygens (including phenoxy) is 2. The molecule has 0 amide bonds. The number of rotatable bonds is 6. The van der Waals surface area contributed by atoms with Crippen molar-refractivity contribution in [3.8, 4) is 17.5 Å². The zero-order chi connectivity index (χ0) is 13.5.